The molecule has 1 aliphatic heterocycles. The van der Waals surface area contributed by atoms with Crippen molar-refractivity contribution in [3.63, 3.8) is 0 Å². The molecule has 0 atom stereocenters. The fourth-order valence-corrected chi connectivity index (χ4v) is 2.73. The van der Waals surface area contributed by atoms with Gasteiger partial charge >= 0.3 is 0 Å². The number of fused-ring (bicyclic) bond motifs is 1. The average molecular weight is 319 g/mol. The third kappa shape index (κ3) is 3.55. The molecular weight excluding hydrogens is 302 g/mol. The van der Waals surface area contributed by atoms with Gasteiger partial charge in [-0.2, -0.15) is 5.26 Å². The highest BCUT2D eigenvalue weighted by atomic mass is 16.3. The molecule has 0 bridgehead atoms. The maximum Gasteiger partial charge on any atom is 0.267 e. The van der Waals surface area contributed by atoms with Gasteiger partial charge in [-0.05, 0) is 29.7 Å². The van der Waals surface area contributed by atoms with E-state index < -0.39 is 5.91 Å². The Bertz CT molecular complexity index is 837. The van der Waals surface area contributed by atoms with Crippen LogP contribution in [-0.2, 0) is 17.8 Å². The molecule has 0 spiro atoms. The lowest BCUT2D eigenvalue weighted by molar-refractivity contribution is -0.112. The first-order valence-corrected chi connectivity index (χ1v) is 7.69. The Morgan fingerprint density at radius 1 is 1.21 bits per heavy atom. The Hall–Kier alpha value is -3.26. The first-order chi connectivity index (χ1) is 11.7. The smallest absolute Gasteiger partial charge is 0.267 e. The highest BCUT2D eigenvalue weighted by molar-refractivity contribution is 6.06. The van der Waals surface area contributed by atoms with E-state index in [4.69, 9.17) is 0 Å². The van der Waals surface area contributed by atoms with Crippen LogP contribution in [0.5, 0.6) is 5.75 Å². The minimum absolute atomic E-state index is 0.0396. The molecule has 0 saturated heterocycles. The number of carbonyl (C=O) groups excluding carboxylic acids is 1. The van der Waals surface area contributed by atoms with E-state index in [2.05, 4.69) is 17.4 Å². The van der Waals surface area contributed by atoms with E-state index in [0.29, 0.717) is 12.2 Å². The summed E-state index contributed by atoms with van der Waals surface area (Å²) in [6.07, 6.45) is 2.49. The van der Waals surface area contributed by atoms with Crippen molar-refractivity contribution in [3.05, 3.63) is 71.4 Å². The lowest BCUT2D eigenvalue weighted by atomic mass is 10.0. The van der Waals surface area contributed by atoms with Crippen molar-refractivity contribution in [2.75, 3.05) is 11.9 Å². The van der Waals surface area contributed by atoms with Gasteiger partial charge in [-0.15, -0.1) is 0 Å². The summed E-state index contributed by atoms with van der Waals surface area (Å²) in [6.45, 7) is 1.45. The van der Waals surface area contributed by atoms with Crippen molar-refractivity contribution in [1.82, 2.24) is 4.90 Å². The van der Waals surface area contributed by atoms with Crippen LogP contribution in [0.3, 0.4) is 0 Å². The van der Waals surface area contributed by atoms with Gasteiger partial charge < -0.3 is 15.3 Å². The summed E-state index contributed by atoms with van der Waals surface area (Å²) >= 11 is 0. The van der Waals surface area contributed by atoms with Crippen LogP contribution in [0.1, 0.15) is 11.1 Å². The van der Waals surface area contributed by atoms with Crippen molar-refractivity contribution in [2.45, 2.75) is 13.0 Å². The molecule has 2 aromatic rings. The number of carbonyl (C=O) groups is 1. The predicted octanol–water partition coefficient (Wildman–Crippen LogP) is 2.80. The number of benzene rings is 2. The Labute approximate surface area is 140 Å². The van der Waals surface area contributed by atoms with E-state index in [0.717, 1.165) is 13.0 Å². The maximum absolute atomic E-state index is 12.3. The summed E-state index contributed by atoms with van der Waals surface area (Å²) in [6, 6.07) is 16.4. The molecule has 120 valence electrons. The summed E-state index contributed by atoms with van der Waals surface area (Å²) < 4.78 is 0. The number of phenols is 1. The predicted molar refractivity (Wildman–Crippen MR) is 91.0 cm³/mol. The van der Waals surface area contributed by atoms with E-state index in [1.165, 1.54) is 23.3 Å². The second-order valence-corrected chi connectivity index (χ2v) is 5.65. The Balaban J connectivity index is 1.73. The van der Waals surface area contributed by atoms with Gasteiger partial charge in [-0.1, -0.05) is 30.3 Å². The van der Waals surface area contributed by atoms with E-state index >= 15 is 0 Å². The number of aromatic hydroxyl groups is 1. The van der Waals surface area contributed by atoms with Crippen LogP contribution in [0, 0.1) is 11.3 Å². The van der Waals surface area contributed by atoms with Crippen molar-refractivity contribution in [2.24, 2.45) is 0 Å². The number of nitrogens with one attached hydrogen (secondary N) is 1. The lowest BCUT2D eigenvalue weighted by Gasteiger charge is -2.27. The Kier molecular flexibility index (Phi) is 4.48. The molecule has 0 radical (unpaired) electrons. The highest BCUT2D eigenvalue weighted by Gasteiger charge is 2.16. The fraction of sp³-hybridized carbons (Fsp3) is 0.158. The number of rotatable bonds is 3. The molecule has 0 aliphatic carbocycles. The number of anilines is 1. The van der Waals surface area contributed by atoms with Crippen molar-refractivity contribution in [3.8, 4) is 11.8 Å². The number of phenolic OH excluding ortho intramolecular Hbond substituents is 1. The Morgan fingerprint density at radius 2 is 2.00 bits per heavy atom. The number of amides is 1. The summed E-state index contributed by atoms with van der Waals surface area (Å²) in [5.41, 5.74) is 3.01. The summed E-state index contributed by atoms with van der Waals surface area (Å²) in [5, 5.41) is 21.4. The third-order valence-corrected chi connectivity index (χ3v) is 3.94. The first kappa shape index (κ1) is 15.6. The van der Waals surface area contributed by atoms with E-state index in [1.54, 1.807) is 18.3 Å². The molecular formula is C19H17N3O2. The van der Waals surface area contributed by atoms with Crippen LogP contribution in [0.15, 0.2) is 60.3 Å². The standard InChI is InChI=1S/C19H17N3O2/c20-11-16(19(24)21-17-6-3-7-18(23)10-17)13-22-9-8-14-4-1-2-5-15(14)12-22/h1-7,10,13,23H,8-9,12H2,(H,21,24)/b16-13-. The molecule has 5 nitrogen and oxygen atoms in total. The summed E-state index contributed by atoms with van der Waals surface area (Å²) in [4.78, 5) is 14.2. The molecule has 24 heavy (non-hydrogen) atoms. The van der Waals surface area contributed by atoms with Gasteiger partial charge in [-0.25, -0.2) is 0 Å². The monoisotopic (exact) mass is 319 g/mol. The first-order valence-electron chi connectivity index (χ1n) is 7.69. The van der Waals surface area contributed by atoms with Gasteiger partial charge in [0, 0.05) is 31.0 Å². The summed E-state index contributed by atoms with van der Waals surface area (Å²) in [5.74, 6) is -0.426. The van der Waals surface area contributed by atoms with Gasteiger partial charge in [0.15, 0.2) is 0 Å². The molecule has 3 rings (SSSR count). The van der Waals surface area contributed by atoms with Crippen LogP contribution >= 0.6 is 0 Å². The van der Waals surface area contributed by atoms with E-state index in [9.17, 15) is 15.2 Å². The van der Waals surface area contributed by atoms with Crippen molar-refractivity contribution in [1.29, 1.82) is 5.26 Å². The van der Waals surface area contributed by atoms with Crippen molar-refractivity contribution < 1.29 is 9.90 Å². The molecule has 2 N–H and O–H groups in total. The third-order valence-electron chi connectivity index (χ3n) is 3.94. The fourth-order valence-electron chi connectivity index (χ4n) is 2.73. The zero-order chi connectivity index (χ0) is 16.9. The summed E-state index contributed by atoms with van der Waals surface area (Å²) in [7, 11) is 0. The van der Waals surface area contributed by atoms with E-state index in [1.807, 2.05) is 23.1 Å². The number of hydrogen-bond acceptors (Lipinski definition) is 4. The molecule has 1 amide bonds. The molecule has 0 fully saturated rings. The average Bonchev–Trinajstić information content (AvgIpc) is 2.59. The SMILES string of the molecule is N#C/C(=C/N1CCc2ccccc2C1)C(=O)Nc1cccc(O)c1. The minimum Gasteiger partial charge on any atom is -0.508 e. The topological polar surface area (TPSA) is 76.4 Å². The maximum atomic E-state index is 12.3. The van der Waals surface area contributed by atoms with Gasteiger partial charge in [-0.3, -0.25) is 4.79 Å². The zero-order valence-electron chi connectivity index (χ0n) is 13.1. The number of nitriles is 1. The molecule has 1 heterocycles. The van der Waals surface area contributed by atoms with E-state index in [-0.39, 0.29) is 11.3 Å². The molecule has 0 saturated carbocycles. The molecule has 5 heteroatoms. The van der Waals surface area contributed by atoms with Gasteiger partial charge in [0.1, 0.15) is 17.4 Å². The second-order valence-electron chi connectivity index (χ2n) is 5.65. The Morgan fingerprint density at radius 3 is 2.75 bits per heavy atom. The second kappa shape index (κ2) is 6.88. The number of nitrogens with zero attached hydrogens (tertiary/aromatic N) is 2. The zero-order valence-corrected chi connectivity index (χ0v) is 13.1. The van der Waals surface area contributed by atoms with Crippen LogP contribution < -0.4 is 5.32 Å². The van der Waals surface area contributed by atoms with Crippen LogP contribution in [0.2, 0.25) is 0 Å². The van der Waals surface area contributed by atoms with Gasteiger partial charge in [0.25, 0.3) is 5.91 Å². The van der Waals surface area contributed by atoms with Crippen LogP contribution in [0.4, 0.5) is 5.69 Å². The van der Waals surface area contributed by atoms with Crippen LogP contribution in [0.25, 0.3) is 0 Å². The molecule has 0 unspecified atom stereocenters. The minimum atomic E-state index is -0.484. The number of hydrogen-bond donors (Lipinski definition) is 2. The molecule has 2 aromatic carbocycles. The quantitative estimate of drug-likeness (QED) is 0.674. The molecule has 1 aliphatic rings. The lowest BCUT2D eigenvalue weighted by Crippen LogP contribution is -2.27. The normalized spacial score (nSPS) is 13.8. The highest BCUT2D eigenvalue weighted by Crippen LogP contribution is 2.20. The van der Waals surface area contributed by atoms with Gasteiger partial charge in [0.05, 0.1) is 0 Å². The van der Waals surface area contributed by atoms with Crippen LogP contribution in [-0.4, -0.2) is 22.5 Å². The van der Waals surface area contributed by atoms with Crippen molar-refractivity contribution >= 4 is 11.6 Å². The largest absolute Gasteiger partial charge is 0.508 e. The molecule has 0 aromatic heterocycles. The van der Waals surface area contributed by atoms with Gasteiger partial charge in [0.2, 0.25) is 0 Å².